The maximum atomic E-state index is 5.85. The Kier molecular flexibility index (Phi) is 2.60. The van der Waals surface area contributed by atoms with Crippen LogP contribution in [-0.4, -0.2) is 14.6 Å². The molecule has 0 spiro atoms. The van der Waals surface area contributed by atoms with Crippen LogP contribution in [0.2, 0.25) is 0 Å². The molecule has 0 unspecified atom stereocenters. The highest BCUT2D eigenvalue weighted by molar-refractivity contribution is 7.15. The number of hydrogen-bond acceptors (Lipinski definition) is 4. The number of nitrogens with two attached hydrogens (primary N) is 1. The Labute approximate surface area is 115 Å². The monoisotopic (exact) mass is 272 g/mol. The first-order chi connectivity index (χ1) is 8.97. The lowest BCUT2D eigenvalue weighted by Crippen LogP contribution is -2.10. The molecule has 2 heterocycles. The van der Waals surface area contributed by atoms with Crippen molar-refractivity contribution >= 4 is 22.2 Å². The summed E-state index contributed by atoms with van der Waals surface area (Å²) < 4.78 is 1.89. The molecule has 0 fully saturated rings. The molecule has 0 aliphatic heterocycles. The second kappa shape index (κ2) is 4.06. The van der Waals surface area contributed by atoms with Gasteiger partial charge in [-0.05, 0) is 16.5 Å². The lowest BCUT2D eigenvalue weighted by Gasteiger charge is -2.19. The third-order valence-corrected chi connectivity index (χ3v) is 4.04. The molecule has 0 atom stereocenters. The number of thiazole rings is 1. The zero-order valence-corrected chi connectivity index (χ0v) is 12.0. The van der Waals surface area contributed by atoms with Gasteiger partial charge < -0.3 is 5.73 Å². The summed E-state index contributed by atoms with van der Waals surface area (Å²) in [6.45, 7) is 6.63. The number of rotatable bonds is 1. The molecule has 0 aliphatic rings. The van der Waals surface area contributed by atoms with E-state index in [1.807, 2.05) is 4.40 Å². The first kappa shape index (κ1) is 12.2. The van der Waals surface area contributed by atoms with Gasteiger partial charge in [-0.3, -0.25) is 4.40 Å². The Balaban J connectivity index is 2.09. The number of nitrogen functional groups attached to an aromatic ring is 1. The number of benzene rings is 1. The van der Waals surface area contributed by atoms with Gasteiger partial charge in [0.1, 0.15) is 0 Å². The average molecular weight is 272 g/mol. The minimum absolute atomic E-state index is 0.165. The van der Waals surface area contributed by atoms with Crippen molar-refractivity contribution < 1.29 is 0 Å². The molecule has 98 valence electrons. The molecule has 0 saturated carbocycles. The predicted octanol–water partition coefficient (Wildman–Crippen LogP) is 3.34. The standard InChI is InChI=1S/C14H16N4S/c1-14(2,3)10-6-4-9(5-7-10)11-8-19-13-17-16-12(15)18(11)13/h4-8H,1-3H3,(H2,15,16). The topological polar surface area (TPSA) is 56.2 Å². The Bertz CT molecular complexity index is 716. The molecule has 2 N–H and O–H groups in total. The van der Waals surface area contributed by atoms with E-state index in [1.165, 1.54) is 5.56 Å². The highest BCUT2D eigenvalue weighted by Gasteiger charge is 2.15. The highest BCUT2D eigenvalue weighted by Crippen LogP contribution is 2.29. The summed E-state index contributed by atoms with van der Waals surface area (Å²) >= 11 is 1.55. The molecule has 0 saturated heterocycles. The van der Waals surface area contributed by atoms with E-state index < -0.39 is 0 Å². The third kappa shape index (κ3) is 2.00. The van der Waals surface area contributed by atoms with Crippen LogP contribution in [0.1, 0.15) is 26.3 Å². The van der Waals surface area contributed by atoms with Crippen LogP contribution in [0.15, 0.2) is 29.6 Å². The molecule has 19 heavy (non-hydrogen) atoms. The van der Waals surface area contributed by atoms with Crippen LogP contribution in [0.4, 0.5) is 5.95 Å². The van der Waals surface area contributed by atoms with Gasteiger partial charge in [0.05, 0.1) is 5.69 Å². The molecule has 5 heteroatoms. The lowest BCUT2D eigenvalue weighted by molar-refractivity contribution is 0.590. The molecule has 0 bridgehead atoms. The summed E-state index contributed by atoms with van der Waals surface area (Å²) in [5.74, 6) is 0.436. The zero-order chi connectivity index (χ0) is 13.6. The number of nitrogens with zero attached hydrogens (tertiary/aromatic N) is 3. The van der Waals surface area contributed by atoms with E-state index in [-0.39, 0.29) is 5.41 Å². The van der Waals surface area contributed by atoms with Crippen molar-refractivity contribution in [2.45, 2.75) is 26.2 Å². The van der Waals surface area contributed by atoms with Crippen molar-refractivity contribution in [2.24, 2.45) is 0 Å². The minimum atomic E-state index is 0.165. The summed E-state index contributed by atoms with van der Waals surface area (Å²) in [7, 11) is 0. The zero-order valence-electron chi connectivity index (χ0n) is 11.2. The van der Waals surface area contributed by atoms with E-state index in [0.717, 1.165) is 16.2 Å². The second-order valence-corrected chi connectivity index (χ2v) is 6.46. The molecule has 0 aliphatic carbocycles. The quantitative estimate of drug-likeness (QED) is 0.739. The average Bonchev–Trinajstić information content (AvgIpc) is 2.92. The number of fused-ring (bicyclic) bond motifs is 1. The van der Waals surface area contributed by atoms with Crippen molar-refractivity contribution in [1.82, 2.24) is 14.6 Å². The van der Waals surface area contributed by atoms with Crippen molar-refractivity contribution in [3.8, 4) is 11.3 Å². The first-order valence-electron chi connectivity index (χ1n) is 6.16. The number of anilines is 1. The van der Waals surface area contributed by atoms with Crippen LogP contribution in [-0.2, 0) is 5.41 Å². The normalized spacial score (nSPS) is 12.2. The molecular formula is C14H16N4S. The summed E-state index contributed by atoms with van der Waals surface area (Å²) in [6, 6.07) is 8.59. The van der Waals surface area contributed by atoms with Gasteiger partial charge in [-0.15, -0.1) is 21.5 Å². The fraction of sp³-hybridized carbons (Fsp3) is 0.286. The predicted molar refractivity (Wildman–Crippen MR) is 79.4 cm³/mol. The van der Waals surface area contributed by atoms with Crippen LogP contribution in [0.3, 0.4) is 0 Å². The van der Waals surface area contributed by atoms with Crippen molar-refractivity contribution in [3.05, 3.63) is 35.2 Å². The molecule has 3 aromatic rings. The highest BCUT2D eigenvalue weighted by atomic mass is 32.1. The third-order valence-electron chi connectivity index (χ3n) is 3.22. The van der Waals surface area contributed by atoms with E-state index >= 15 is 0 Å². The Morgan fingerprint density at radius 1 is 1.11 bits per heavy atom. The van der Waals surface area contributed by atoms with Crippen molar-refractivity contribution in [2.75, 3.05) is 5.73 Å². The first-order valence-corrected chi connectivity index (χ1v) is 7.04. The van der Waals surface area contributed by atoms with Crippen molar-refractivity contribution in [1.29, 1.82) is 0 Å². The van der Waals surface area contributed by atoms with Gasteiger partial charge in [-0.1, -0.05) is 45.0 Å². The van der Waals surface area contributed by atoms with Crippen LogP contribution in [0, 0.1) is 0 Å². The van der Waals surface area contributed by atoms with Gasteiger partial charge in [0.25, 0.3) is 0 Å². The summed E-state index contributed by atoms with van der Waals surface area (Å²) in [5.41, 5.74) is 9.51. The summed E-state index contributed by atoms with van der Waals surface area (Å²) in [4.78, 5) is 0.826. The number of aromatic nitrogens is 3. The SMILES string of the molecule is CC(C)(C)c1ccc(-c2csc3nnc(N)n23)cc1. The fourth-order valence-corrected chi connectivity index (χ4v) is 2.93. The molecule has 0 radical (unpaired) electrons. The fourth-order valence-electron chi connectivity index (χ4n) is 2.08. The Hall–Kier alpha value is -1.88. The summed E-state index contributed by atoms with van der Waals surface area (Å²) in [6.07, 6.45) is 0. The summed E-state index contributed by atoms with van der Waals surface area (Å²) in [5, 5.41) is 9.99. The molecule has 1 aromatic carbocycles. The maximum absolute atomic E-state index is 5.85. The van der Waals surface area contributed by atoms with Crippen LogP contribution < -0.4 is 5.73 Å². The minimum Gasteiger partial charge on any atom is -0.368 e. The smallest absolute Gasteiger partial charge is 0.227 e. The molecular weight excluding hydrogens is 256 g/mol. The molecule has 0 amide bonds. The molecule has 3 rings (SSSR count). The van der Waals surface area contributed by atoms with E-state index in [9.17, 15) is 0 Å². The van der Waals surface area contributed by atoms with Crippen molar-refractivity contribution in [3.63, 3.8) is 0 Å². The Morgan fingerprint density at radius 3 is 2.42 bits per heavy atom. The maximum Gasteiger partial charge on any atom is 0.227 e. The van der Waals surface area contributed by atoms with Gasteiger partial charge in [0, 0.05) is 5.38 Å². The van der Waals surface area contributed by atoms with E-state index in [2.05, 4.69) is 60.6 Å². The lowest BCUT2D eigenvalue weighted by atomic mass is 9.86. The second-order valence-electron chi connectivity index (χ2n) is 5.62. The Morgan fingerprint density at radius 2 is 1.79 bits per heavy atom. The number of hydrogen-bond donors (Lipinski definition) is 1. The van der Waals surface area contributed by atoms with Gasteiger partial charge in [0.15, 0.2) is 0 Å². The van der Waals surface area contributed by atoms with E-state index in [4.69, 9.17) is 5.73 Å². The van der Waals surface area contributed by atoms with Crippen LogP contribution in [0.5, 0.6) is 0 Å². The van der Waals surface area contributed by atoms with E-state index in [0.29, 0.717) is 5.95 Å². The van der Waals surface area contributed by atoms with Gasteiger partial charge in [-0.2, -0.15) is 0 Å². The van der Waals surface area contributed by atoms with Crippen LogP contribution >= 0.6 is 11.3 Å². The van der Waals surface area contributed by atoms with E-state index in [1.54, 1.807) is 11.3 Å². The molecule has 2 aromatic heterocycles. The van der Waals surface area contributed by atoms with Gasteiger partial charge >= 0.3 is 0 Å². The van der Waals surface area contributed by atoms with Gasteiger partial charge in [-0.25, -0.2) is 0 Å². The van der Waals surface area contributed by atoms with Crippen LogP contribution in [0.25, 0.3) is 16.2 Å². The largest absolute Gasteiger partial charge is 0.368 e. The van der Waals surface area contributed by atoms with Gasteiger partial charge in [0.2, 0.25) is 10.9 Å². The molecule has 4 nitrogen and oxygen atoms in total.